The molecule has 9 atom stereocenters. The molecule has 4 nitrogen and oxygen atoms in total. The Bertz CT molecular complexity index is 1170. The van der Waals surface area contributed by atoms with Crippen molar-refractivity contribution in [3.05, 3.63) is 29.8 Å². The van der Waals surface area contributed by atoms with E-state index in [4.69, 9.17) is 5.10 Å². The smallest absolute Gasteiger partial charge is 0.200 e. The summed E-state index contributed by atoms with van der Waals surface area (Å²) < 4.78 is 26.5. The van der Waals surface area contributed by atoms with Crippen LogP contribution < -0.4 is 4.83 Å². The third-order valence-electron chi connectivity index (χ3n) is 12.8. The van der Waals surface area contributed by atoms with Gasteiger partial charge in [-0.15, -0.1) is 0 Å². The Morgan fingerprint density at radius 2 is 1.62 bits per heavy atom. The van der Waals surface area contributed by atoms with Gasteiger partial charge in [0.25, 0.3) is 10.0 Å². The first-order valence-electron chi connectivity index (χ1n) is 16.5. The van der Waals surface area contributed by atoms with Gasteiger partial charge >= 0.3 is 0 Å². The van der Waals surface area contributed by atoms with E-state index in [1.807, 2.05) is 19.1 Å². The molecule has 1 unspecified atom stereocenters. The zero-order valence-electron chi connectivity index (χ0n) is 26.4. The molecule has 0 bridgehead atoms. The van der Waals surface area contributed by atoms with Crippen LogP contribution in [0.25, 0.3) is 0 Å². The van der Waals surface area contributed by atoms with Gasteiger partial charge in [0.2, 0.25) is 0 Å². The Balaban J connectivity index is 1.44. The molecule has 5 rings (SSSR count). The molecule has 4 aliphatic rings. The SMILES string of the molecule is Cc1ccc(S(=O)(=O)N/N=C2\C[C@@]3(C)C(CC[C@H]4[C@@H]5CCCC[C@@]5(C)CC[C@@H]43)[C@H]2[C@@H](C)CC[C@@H](C)C(C)C)cc1. The van der Waals surface area contributed by atoms with E-state index >= 15 is 0 Å². The van der Waals surface area contributed by atoms with E-state index < -0.39 is 10.0 Å². The highest BCUT2D eigenvalue weighted by Crippen LogP contribution is 2.67. The Morgan fingerprint density at radius 1 is 0.900 bits per heavy atom. The molecule has 40 heavy (non-hydrogen) atoms. The van der Waals surface area contributed by atoms with Crippen LogP contribution >= 0.6 is 0 Å². The van der Waals surface area contributed by atoms with Crippen molar-refractivity contribution in [3.63, 3.8) is 0 Å². The molecule has 224 valence electrons. The van der Waals surface area contributed by atoms with E-state index in [-0.39, 0.29) is 5.41 Å². The number of rotatable bonds is 8. The van der Waals surface area contributed by atoms with Gasteiger partial charge in [-0.1, -0.05) is 78.5 Å². The molecule has 0 aliphatic heterocycles. The molecule has 0 amide bonds. The minimum atomic E-state index is -3.69. The quantitative estimate of drug-likeness (QED) is 0.318. The lowest BCUT2D eigenvalue weighted by atomic mass is 9.45. The van der Waals surface area contributed by atoms with Crippen LogP contribution in [-0.2, 0) is 10.0 Å². The lowest BCUT2D eigenvalue weighted by molar-refractivity contribution is -0.108. The fourth-order valence-corrected chi connectivity index (χ4v) is 10.8. The summed E-state index contributed by atoms with van der Waals surface area (Å²) in [4.78, 5) is 3.01. The van der Waals surface area contributed by atoms with Crippen molar-refractivity contribution < 1.29 is 8.42 Å². The van der Waals surface area contributed by atoms with Gasteiger partial charge < -0.3 is 0 Å². The van der Waals surface area contributed by atoms with Crippen molar-refractivity contribution in [3.8, 4) is 0 Å². The number of nitrogens with zero attached hydrogens (tertiary/aromatic N) is 1. The van der Waals surface area contributed by atoms with Gasteiger partial charge in [0, 0.05) is 11.6 Å². The third kappa shape index (κ3) is 5.54. The van der Waals surface area contributed by atoms with E-state index in [1.165, 1.54) is 64.2 Å². The summed E-state index contributed by atoms with van der Waals surface area (Å²) in [6.45, 7) is 16.6. The van der Waals surface area contributed by atoms with Gasteiger partial charge in [-0.05, 0) is 123 Å². The highest BCUT2D eigenvalue weighted by molar-refractivity contribution is 7.89. The van der Waals surface area contributed by atoms with Gasteiger partial charge in [-0.25, -0.2) is 4.83 Å². The summed E-state index contributed by atoms with van der Waals surface area (Å²) in [5.74, 6) is 5.33. The van der Waals surface area contributed by atoms with Crippen molar-refractivity contribution in [1.29, 1.82) is 0 Å². The predicted molar refractivity (Wildman–Crippen MR) is 167 cm³/mol. The molecule has 0 spiro atoms. The minimum absolute atomic E-state index is 0.221. The average molecular weight is 569 g/mol. The van der Waals surface area contributed by atoms with E-state index in [2.05, 4.69) is 46.4 Å². The Labute approximate surface area is 245 Å². The second kappa shape index (κ2) is 11.4. The van der Waals surface area contributed by atoms with E-state index in [0.29, 0.717) is 39.9 Å². The average Bonchev–Trinajstić information content (AvgIpc) is 3.22. The number of hydrazone groups is 1. The van der Waals surface area contributed by atoms with Crippen LogP contribution in [0.1, 0.15) is 118 Å². The molecule has 0 heterocycles. The normalized spacial score (nSPS) is 38.4. The largest absolute Gasteiger partial charge is 0.276 e. The summed E-state index contributed by atoms with van der Waals surface area (Å²) in [6, 6.07) is 7.09. The van der Waals surface area contributed by atoms with Crippen molar-refractivity contribution in [1.82, 2.24) is 4.83 Å². The molecule has 1 N–H and O–H groups in total. The zero-order valence-corrected chi connectivity index (χ0v) is 27.2. The fourth-order valence-electron chi connectivity index (χ4n) is 10.0. The maximum atomic E-state index is 13.3. The summed E-state index contributed by atoms with van der Waals surface area (Å²) in [5.41, 5.74) is 2.95. The molecule has 4 fully saturated rings. The molecule has 0 radical (unpaired) electrons. The van der Waals surface area contributed by atoms with Crippen LogP contribution in [0.3, 0.4) is 0 Å². The van der Waals surface area contributed by atoms with Gasteiger partial charge in [0.15, 0.2) is 0 Å². The number of hydrogen-bond donors (Lipinski definition) is 1. The first-order chi connectivity index (χ1) is 18.9. The third-order valence-corrected chi connectivity index (χ3v) is 14.0. The van der Waals surface area contributed by atoms with Crippen LogP contribution in [-0.4, -0.2) is 14.1 Å². The van der Waals surface area contributed by atoms with E-state index in [1.54, 1.807) is 12.1 Å². The van der Waals surface area contributed by atoms with Crippen LogP contribution in [0, 0.1) is 65.1 Å². The van der Waals surface area contributed by atoms with Crippen molar-refractivity contribution >= 4 is 15.7 Å². The highest BCUT2D eigenvalue weighted by atomic mass is 32.2. The maximum Gasteiger partial charge on any atom is 0.276 e. The number of fused-ring (bicyclic) bond motifs is 5. The number of hydrogen-bond acceptors (Lipinski definition) is 3. The predicted octanol–water partition coefficient (Wildman–Crippen LogP) is 9.00. The lowest BCUT2D eigenvalue weighted by Crippen LogP contribution is -2.52. The second-order valence-corrected chi connectivity index (χ2v) is 17.2. The first kappa shape index (κ1) is 30.1. The topological polar surface area (TPSA) is 58.5 Å². The number of benzene rings is 1. The van der Waals surface area contributed by atoms with Crippen LogP contribution in [0.4, 0.5) is 0 Å². The number of nitrogens with one attached hydrogen (secondary N) is 1. The standard InChI is InChI=1S/C35H56N2O2S/c1-23(2)25(4)13-14-26(5)33-31-18-17-28-29-10-8-9-20-34(29,6)21-19-30(28)35(31,7)22-32(33)36-37-40(38,39)27-15-11-24(3)12-16-27/h11-12,15-16,23,25-26,28-31,33,37H,8-10,13-14,17-22H2,1-7H3/b36-32+/t25-,26+,28+,29+,30+,31?,33-,34+,35-/m1/s1. The van der Waals surface area contributed by atoms with Crippen molar-refractivity contribution in [2.45, 2.75) is 124 Å². The second-order valence-electron chi connectivity index (χ2n) is 15.5. The van der Waals surface area contributed by atoms with Crippen molar-refractivity contribution in [2.75, 3.05) is 0 Å². The summed E-state index contributed by atoms with van der Waals surface area (Å²) >= 11 is 0. The molecule has 0 aromatic heterocycles. The minimum Gasteiger partial charge on any atom is -0.200 e. The Kier molecular flexibility index (Phi) is 8.57. The Hall–Kier alpha value is -1.36. The molecule has 5 heteroatoms. The van der Waals surface area contributed by atoms with Crippen LogP contribution in [0.2, 0.25) is 0 Å². The summed E-state index contributed by atoms with van der Waals surface area (Å²) in [6.07, 6.45) is 14.4. The summed E-state index contributed by atoms with van der Waals surface area (Å²) in [5, 5.41) is 4.84. The van der Waals surface area contributed by atoms with Gasteiger partial charge in [0.05, 0.1) is 4.90 Å². The van der Waals surface area contributed by atoms with Crippen LogP contribution in [0.15, 0.2) is 34.3 Å². The van der Waals surface area contributed by atoms with Gasteiger partial charge in [-0.3, -0.25) is 0 Å². The molecule has 1 aromatic rings. The fraction of sp³-hybridized carbons (Fsp3) is 0.800. The zero-order chi connectivity index (χ0) is 28.9. The maximum absolute atomic E-state index is 13.3. The van der Waals surface area contributed by atoms with E-state index in [9.17, 15) is 8.42 Å². The molecular formula is C35H56N2O2S. The molecule has 0 saturated heterocycles. The number of sulfonamides is 1. The van der Waals surface area contributed by atoms with Crippen molar-refractivity contribution in [2.24, 2.45) is 63.3 Å². The molecule has 4 aliphatic carbocycles. The molecule has 4 saturated carbocycles. The monoisotopic (exact) mass is 568 g/mol. The molecule has 1 aromatic carbocycles. The summed E-state index contributed by atoms with van der Waals surface area (Å²) in [7, 11) is -3.69. The van der Waals surface area contributed by atoms with Crippen LogP contribution in [0.5, 0.6) is 0 Å². The number of aryl methyl sites for hydroxylation is 1. The van der Waals surface area contributed by atoms with Gasteiger partial charge in [-0.2, -0.15) is 13.5 Å². The molecular weight excluding hydrogens is 512 g/mol. The lowest BCUT2D eigenvalue weighted by Gasteiger charge is -2.60. The first-order valence-corrected chi connectivity index (χ1v) is 18.0. The highest BCUT2D eigenvalue weighted by Gasteiger charge is 2.61. The Morgan fingerprint density at radius 3 is 2.33 bits per heavy atom. The van der Waals surface area contributed by atoms with Gasteiger partial charge in [0.1, 0.15) is 0 Å². The van der Waals surface area contributed by atoms with E-state index in [0.717, 1.165) is 35.4 Å².